The maximum atomic E-state index is 12.1. The van der Waals surface area contributed by atoms with Crippen molar-refractivity contribution in [3.05, 3.63) is 64.2 Å². The molecule has 0 aliphatic rings. The van der Waals surface area contributed by atoms with Gasteiger partial charge in [0.1, 0.15) is 0 Å². The molecule has 0 aliphatic carbocycles. The third-order valence-corrected chi connectivity index (χ3v) is 4.73. The van der Waals surface area contributed by atoms with Crippen LogP contribution in [0.3, 0.4) is 0 Å². The summed E-state index contributed by atoms with van der Waals surface area (Å²) in [6.07, 6.45) is 0. The molecule has 0 saturated carbocycles. The number of sulfonamides is 1. The molecule has 0 aromatic heterocycles. The molecule has 2 aromatic carbocycles. The highest BCUT2D eigenvalue weighted by molar-refractivity contribution is 7.91. The highest BCUT2D eigenvalue weighted by Crippen LogP contribution is 2.21. The predicted octanol–water partition coefficient (Wildman–Crippen LogP) is 3.05. The smallest absolute Gasteiger partial charge is 0.236 e. The predicted molar refractivity (Wildman–Crippen MR) is 86.8 cm³/mol. The fraction of sp³-hybridized carbons (Fsp3) is 0.200. The summed E-state index contributed by atoms with van der Waals surface area (Å²) >= 11 is 5.99. The Labute approximate surface area is 130 Å². The van der Waals surface area contributed by atoms with Crippen molar-refractivity contribution in [2.24, 2.45) is 5.73 Å². The number of nitrogens with two attached hydrogens (primary N) is 1. The van der Waals surface area contributed by atoms with Crippen LogP contribution >= 0.6 is 11.6 Å². The lowest BCUT2D eigenvalue weighted by Gasteiger charge is -2.09. The Kier molecular flexibility index (Phi) is 4.88. The van der Waals surface area contributed by atoms with Gasteiger partial charge >= 0.3 is 0 Å². The minimum absolute atomic E-state index is 0.0939. The van der Waals surface area contributed by atoms with Crippen LogP contribution in [-0.2, 0) is 22.3 Å². The molecular weight excluding hydrogens is 308 g/mol. The van der Waals surface area contributed by atoms with Crippen LogP contribution in [0.5, 0.6) is 0 Å². The van der Waals surface area contributed by atoms with Crippen LogP contribution in [0.2, 0.25) is 5.02 Å². The van der Waals surface area contributed by atoms with E-state index in [-0.39, 0.29) is 5.75 Å². The van der Waals surface area contributed by atoms with Gasteiger partial charge in [-0.2, -0.15) is 0 Å². The lowest BCUT2D eigenvalue weighted by atomic mass is 10.1. The molecule has 2 rings (SSSR count). The first-order valence-corrected chi connectivity index (χ1v) is 8.47. The van der Waals surface area contributed by atoms with Crippen molar-refractivity contribution in [1.29, 1.82) is 0 Å². The highest BCUT2D eigenvalue weighted by Gasteiger charge is 2.12. The van der Waals surface area contributed by atoms with E-state index in [0.29, 0.717) is 22.8 Å². The molecule has 0 fully saturated rings. The van der Waals surface area contributed by atoms with E-state index in [4.69, 9.17) is 17.3 Å². The van der Waals surface area contributed by atoms with Crippen LogP contribution in [-0.4, -0.2) is 8.42 Å². The van der Waals surface area contributed by atoms with Crippen LogP contribution in [0, 0.1) is 6.92 Å². The van der Waals surface area contributed by atoms with Gasteiger partial charge in [-0.1, -0.05) is 41.9 Å². The molecule has 0 atom stereocenters. The molecule has 112 valence electrons. The molecule has 0 unspecified atom stereocenters. The van der Waals surface area contributed by atoms with Crippen molar-refractivity contribution in [2.75, 3.05) is 4.72 Å². The van der Waals surface area contributed by atoms with E-state index in [0.717, 1.165) is 11.1 Å². The second-order valence-electron chi connectivity index (χ2n) is 4.85. The maximum Gasteiger partial charge on any atom is 0.236 e. The zero-order valence-electron chi connectivity index (χ0n) is 11.6. The van der Waals surface area contributed by atoms with Crippen LogP contribution < -0.4 is 10.5 Å². The Morgan fingerprint density at radius 2 is 1.71 bits per heavy atom. The Morgan fingerprint density at radius 1 is 1.10 bits per heavy atom. The number of hydrogen-bond acceptors (Lipinski definition) is 3. The van der Waals surface area contributed by atoms with Gasteiger partial charge in [0.2, 0.25) is 10.0 Å². The number of hydrogen-bond donors (Lipinski definition) is 2. The molecule has 6 heteroatoms. The quantitative estimate of drug-likeness (QED) is 0.888. The van der Waals surface area contributed by atoms with E-state index in [9.17, 15) is 8.42 Å². The molecule has 21 heavy (non-hydrogen) atoms. The fourth-order valence-corrected chi connectivity index (χ4v) is 3.23. The SMILES string of the molecule is Cc1ccc(NS(=O)(=O)Cc2ccc(CN)cc2)cc1Cl. The average Bonchev–Trinajstić information content (AvgIpc) is 2.43. The van der Waals surface area contributed by atoms with Gasteiger partial charge in [0.25, 0.3) is 0 Å². The summed E-state index contributed by atoms with van der Waals surface area (Å²) < 4.78 is 26.8. The third kappa shape index (κ3) is 4.46. The Hall–Kier alpha value is -1.56. The summed E-state index contributed by atoms with van der Waals surface area (Å²) in [7, 11) is -3.48. The lowest BCUT2D eigenvalue weighted by Crippen LogP contribution is -2.15. The van der Waals surface area contributed by atoms with Crippen LogP contribution in [0.4, 0.5) is 5.69 Å². The minimum atomic E-state index is -3.48. The molecule has 3 N–H and O–H groups in total. The topological polar surface area (TPSA) is 72.2 Å². The second kappa shape index (κ2) is 6.47. The molecule has 0 radical (unpaired) electrons. The maximum absolute atomic E-state index is 12.1. The fourth-order valence-electron chi connectivity index (χ4n) is 1.86. The van der Waals surface area contributed by atoms with Crippen molar-refractivity contribution in [1.82, 2.24) is 0 Å². The minimum Gasteiger partial charge on any atom is -0.326 e. The number of nitrogens with one attached hydrogen (secondary N) is 1. The summed E-state index contributed by atoms with van der Waals surface area (Å²) in [5.41, 5.74) is 8.55. The van der Waals surface area contributed by atoms with Gasteiger partial charge in [0, 0.05) is 17.3 Å². The van der Waals surface area contributed by atoms with Gasteiger partial charge in [-0.15, -0.1) is 0 Å². The summed E-state index contributed by atoms with van der Waals surface area (Å²) in [5, 5.41) is 0.530. The molecule has 0 amide bonds. The number of aryl methyl sites for hydroxylation is 1. The molecule has 2 aromatic rings. The standard InChI is InChI=1S/C15H17ClN2O2S/c1-11-2-7-14(8-15(11)16)18-21(19,20)10-13-5-3-12(9-17)4-6-13/h2-8,18H,9-10,17H2,1H3. The molecule has 0 aliphatic heterocycles. The van der Waals surface area contributed by atoms with Crippen molar-refractivity contribution in [3.8, 4) is 0 Å². The number of anilines is 1. The lowest BCUT2D eigenvalue weighted by molar-refractivity contribution is 0.600. The van der Waals surface area contributed by atoms with Crippen molar-refractivity contribution in [2.45, 2.75) is 19.2 Å². The summed E-state index contributed by atoms with van der Waals surface area (Å²) in [4.78, 5) is 0. The van der Waals surface area contributed by atoms with Gasteiger partial charge in [0.15, 0.2) is 0 Å². The number of benzene rings is 2. The van der Waals surface area contributed by atoms with Crippen molar-refractivity contribution >= 4 is 27.3 Å². The van der Waals surface area contributed by atoms with E-state index in [1.54, 1.807) is 30.3 Å². The van der Waals surface area contributed by atoms with Gasteiger partial charge in [-0.3, -0.25) is 4.72 Å². The third-order valence-electron chi connectivity index (χ3n) is 3.06. The van der Waals surface area contributed by atoms with Crippen LogP contribution in [0.25, 0.3) is 0 Å². The zero-order chi connectivity index (χ0) is 15.5. The van der Waals surface area contributed by atoms with Gasteiger partial charge < -0.3 is 5.73 Å². The van der Waals surface area contributed by atoms with E-state index in [1.165, 1.54) is 0 Å². The van der Waals surface area contributed by atoms with E-state index < -0.39 is 10.0 Å². The Balaban J connectivity index is 2.12. The van der Waals surface area contributed by atoms with Gasteiger partial charge in [-0.05, 0) is 35.7 Å². The summed E-state index contributed by atoms with van der Waals surface area (Å²) in [5.74, 6) is -0.0939. The largest absolute Gasteiger partial charge is 0.326 e. The molecule has 0 heterocycles. The highest BCUT2D eigenvalue weighted by atomic mass is 35.5. The first-order chi connectivity index (χ1) is 9.89. The average molecular weight is 325 g/mol. The summed E-state index contributed by atoms with van der Waals surface area (Å²) in [6.45, 7) is 2.30. The van der Waals surface area contributed by atoms with Crippen LogP contribution in [0.15, 0.2) is 42.5 Å². The molecular formula is C15H17ClN2O2S. The van der Waals surface area contributed by atoms with Crippen LogP contribution in [0.1, 0.15) is 16.7 Å². The number of halogens is 1. The molecule has 4 nitrogen and oxygen atoms in total. The van der Waals surface area contributed by atoms with Crippen molar-refractivity contribution in [3.63, 3.8) is 0 Å². The summed E-state index contributed by atoms with van der Waals surface area (Å²) in [6, 6.07) is 12.3. The Morgan fingerprint density at radius 3 is 2.29 bits per heavy atom. The van der Waals surface area contributed by atoms with E-state index >= 15 is 0 Å². The van der Waals surface area contributed by atoms with Gasteiger partial charge in [-0.25, -0.2) is 8.42 Å². The van der Waals surface area contributed by atoms with Gasteiger partial charge in [0.05, 0.1) is 5.75 Å². The van der Waals surface area contributed by atoms with Crippen molar-refractivity contribution < 1.29 is 8.42 Å². The first-order valence-electron chi connectivity index (χ1n) is 6.44. The first kappa shape index (κ1) is 15.8. The van der Waals surface area contributed by atoms with E-state index in [1.807, 2.05) is 19.1 Å². The number of rotatable bonds is 5. The molecule has 0 bridgehead atoms. The normalized spacial score (nSPS) is 11.4. The second-order valence-corrected chi connectivity index (χ2v) is 6.98. The zero-order valence-corrected chi connectivity index (χ0v) is 13.2. The monoisotopic (exact) mass is 324 g/mol. The molecule has 0 spiro atoms. The van der Waals surface area contributed by atoms with E-state index in [2.05, 4.69) is 4.72 Å². The molecule has 0 saturated heterocycles. The Bertz CT molecular complexity index is 728.